The van der Waals surface area contributed by atoms with Gasteiger partial charge in [0.2, 0.25) is 5.82 Å². The summed E-state index contributed by atoms with van der Waals surface area (Å²) in [6.45, 7) is 4.00. The Balaban J connectivity index is 1.21. The molecule has 1 aromatic carbocycles. The van der Waals surface area contributed by atoms with Crippen molar-refractivity contribution in [3.05, 3.63) is 48.7 Å². The number of aliphatic hydroxyl groups is 1. The molecule has 4 heterocycles. The first kappa shape index (κ1) is 24.7. The van der Waals surface area contributed by atoms with Crippen LogP contribution in [0.4, 0.5) is 22.5 Å². The zero-order valence-corrected chi connectivity index (χ0v) is 22.2. The fourth-order valence-corrected chi connectivity index (χ4v) is 5.61. The number of nitrogens with one attached hydrogen (secondary N) is 2. The molecule has 198 valence electrons. The zero-order valence-electron chi connectivity index (χ0n) is 21.4. The summed E-state index contributed by atoms with van der Waals surface area (Å²) in [5.41, 5.74) is 1.99. The van der Waals surface area contributed by atoms with Crippen molar-refractivity contribution in [2.75, 3.05) is 48.8 Å². The number of piperazine rings is 1. The van der Waals surface area contributed by atoms with Crippen molar-refractivity contribution in [2.45, 2.75) is 37.8 Å². The van der Waals surface area contributed by atoms with Gasteiger partial charge < -0.3 is 25.5 Å². The van der Waals surface area contributed by atoms with E-state index in [1.807, 2.05) is 30.3 Å². The van der Waals surface area contributed by atoms with Crippen LogP contribution in [0.3, 0.4) is 0 Å². The molecule has 0 atom stereocenters. The van der Waals surface area contributed by atoms with Crippen LogP contribution in [0.15, 0.2) is 48.7 Å². The van der Waals surface area contributed by atoms with E-state index in [0.717, 1.165) is 79.7 Å². The maximum absolute atomic E-state index is 9.90. The number of thiazole rings is 1. The van der Waals surface area contributed by atoms with Gasteiger partial charge in [-0.15, -0.1) is 15.0 Å². The third-order valence-corrected chi connectivity index (χ3v) is 8.00. The number of aliphatic hydroxyl groups excluding tert-OH is 1. The van der Waals surface area contributed by atoms with Gasteiger partial charge in [0.25, 0.3) is 0 Å². The highest BCUT2D eigenvalue weighted by atomic mass is 32.1. The molecule has 0 radical (unpaired) electrons. The summed E-state index contributed by atoms with van der Waals surface area (Å²) in [5.74, 6) is 2.11. The van der Waals surface area contributed by atoms with Crippen LogP contribution in [0.5, 0.6) is 0 Å². The number of aromatic nitrogens is 6. The Labute approximate surface area is 225 Å². The number of benzene rings is 1. The summed E-state index contributed by atoms with van der Waals surface area (Å²) in [5, 5.41) is 30.6. The van der Waals surface area contributed by atoms with E-state index in [9.17, 15) is 5.11 Å². The Kier molecular flexibility index (Phi) is 7.16. The third kappa shape index (κ3) is 5.77. The zero-order chi connectivity index (χ0) is 25.9. The molecule has 3 N–H and O–H groups in total. The van der Waals surface area contributed by atoms with Gasteiger partial charge in [-0.3, -0.25) is 0 Å². The highest BCUT2D eigenvalue weighted by molar-refractivity contribution is 7.18. The quantitative estimate of drug-likeness (QED) is 0.327. The van der Waals surface area contributed by atoms with Crippen LogP contribution in [0, 0.1) is 0 Å². The molecule has 1 aliphatic heterocycles. The smallest absolute Gasteiger partial charge is 0.216 e. The van der Waals surface area contributed by atoms with E-state index in [2.05, 4.69) is 60.0 Å². The number of pyridine rings is 1. The first-order chi connectivity index (χ1) is 18.6. The molecule has 1 saturated carbocycles. The number of rotatable bonds is 7. The highest BCUT2D eigenvalue weighted by Crippen LogP contribution is 2.31. The second kappa shape index (κ2) is 11.0. The van der Waals surface area contributed by atoms with Gasteiger partial charge in [-0.05, 0) is 50.1 Å². The monoisotopic (exact) mass is 532 g/mol. The second-order valence-corrected chi connectivity index (χ2v) is 11.0. The van der Waals surface area contributed by atoms with Crippen molar-refractivity contribution in [1.82, 2.24) is 35.1 Å². The fraction of sp³-hybridized carbons (Fsp3) is 0.423. The minimum Gasteiger partial charge on any atom is -0.393 e. The molecule has 38 heavy (non-hydrogen) atoms. The van der Waals surface area contributed by atoms with Crippen molar-refractivity contribution in [3.8, 4) is 16.4 Å². The van der Waals surface area contributed by atoms with Crippen molar-refractivity contribution in [3.63, 3.8) is 0 Å². The van der Waals surface area contributed by atoms with Crippen LogP contribution in [0.2, 0.25) is 0 Å². The van der Waals surface area contributed by atoms with Gasteiger partial charge in [0, 0.05) is 50.0 Å². The maximum atomic E-state index is 9.90. The van der Waals surface area contributed by atoms with E-state index < -0.39 is 0 Å². The average Bonchev–Trinajstić information content (AvgIpc) is 3.61. The largest absolute Gasteiger partial charge is 0.393 e. The van der Waals surface area contributed by atoms with Gasteiger partial charge in [-0.25, -0.2) is 9.97 Å². The standard InChI is InChI=1S/C26H32N10OS/c1-34-11-13-35(14-12-34)20-15-23(28-18-7-9-21(37)10-8-18)29-24(16-20)30-26-27-17-22(38-26)25-31-33-36(32-25)19-5-3-2-4-6-19/h2-6,15-18,21,37H,7-14H2,1H3,(H2,27,28,29,30). The summed E-state index contributed by atoms with van der Waals surface area (Å²) in [6.07, 6.45) is 5.11. The van der Waals surface area contributed by atoms with Gasteiger partial charge in [-0.2, -0.15) is 0 Å². The molecule has 11 nitrogen and oxygen atoms in total. The van der Waals surface area contributed by atoms with Gasteiger partial charge in [0.1, 0.15) is 11.6 Å². The Bertz CT molecular complexity index is 1340. The molecule has 0 unspecified atom stereocenters. The lowest BCUT2D eigenvalue weighted by atomic mass is 9.93. The molecule has 1 saturated heterocycles. The molecule has 2 aliphatic rings. The van der Waals surface area contributed by atoms with Crippen LogP contribution in [-0.2, 0) is 0 Å². The van der Waals surface area contributed by atoms with E-state index >= 15 is 0 Å². The molecule has 0 bridgehead atoms. The average molecular weight is 533 g/mol. The van der Waals surface area contributed by atoms with Crippen molar-refractivity contribution < 1.29 is 5.11 Å². The Morgan fingerprint density at radius 1 is 0.947 bits per heavy atom. The van der Waals surface area contributed by atoms with E-state index in [4.69, 9.17) is 4.98 Å². The highest BCUT2D eigenvalue weighted by Gasteiger charge is 2.21. The van der Waals surface area contributed by atoms with E-state index in [-0.39, 0.29) is 6.10 Å². The maximum Gasteiger partial charge on any atom is 0.216 e. The Hall–Kier alpha value is -3.61. The third-order valence-electron chi connectivity index (χ3n) is 7.09. The van der Waals surface area contributed by atoms with E-state index in [0.29, 0.717) is 17.0 Å². The number of hydrogen-bond acceptors (Lipinski definition) is 11. The first-order valence-electron chi connectivity index (χ1n) is 13.1. The molecule has 12 heteroatoms. The van der Waals surface area contributed by atoms with Crippen LogP contribution in [-0.4, -0.2) is 85.6 Å². The van der Waals surface area contributed by atoms with Crippen molar-refractivity contribution in [1.29, 1.82) is 0 Å². The Morgan fingerprint density at radius 2 is 1.71 bits per heavy atom. The molecule has 1 aliphatic carbocycles. The molecule has 0 amide bonds. The number of tetrazole rings is 1. The summed E-state index contributed by atoms with van der Waals surface area (Å²) in [6, 6.07) is 14.2. The molecule has 2 fully saturated rings. The summed E-state index contributed by atoms with van der Waals surface area (Å²) in [7, 11) is 2.16. The summed E-state index contributed by atoms with van der Waals surface area (Å²) >= 11 is 1.46. The molecule has 4 aromatic rings. The number of hydrogen-bond donors (Lipinski definition) is 3. The molecular formula is C26H32N10OS. The minimum atomic E-state index is -0.183. The summed E-state index contributed by atoms with van der Waals surface area (Å²) in [4.78, 5) is 16.5. The SMILES string of the molecule is CN1CCN(c2cc(Nc3ncc(-c4nnn(-c5ccccc5)n4)s3)nc(NC3CCC(O)CC3)c2)CC1. The first-order valence-corrected chi connectivity index (χ1v) is 13.9. The number of para-hydroxylation sites is 1. The molecular weight excluding hydrogens is 500 g/mol. The van der Waals surface area contributed by atoms with Crippen LogP contribution >= 0.6 is 11.3 Å². The Morgan fingerprint density at radius 3 is 2.50 bits per heavy atom. The van der Waals surface area contributed by atoms with Gasteiger partial charge in [-0.1, -0.05) is 29.5 Å². The topological polar surface area (TPSA) is 120 Å². The van der Waals surface area contributed by atoms with Gasteiger partial charge >= 0.3 is 0 Å². The normalized spacial score (nSPS) is 20.4. The van der Waals surface area contributed by atoms with Crippen molar-refractivity contribution in [2.24, 2.45) is 0 Å². The minimum absolute atomic E-state index is 0.183. The van der Waals surface area contributed by atoms with Crippen LogP contribution in [0.25, 0.3) is 16.4 Å². The lowest BCUT2D eigenvalue weighted by Gasteiger charge is -2.34. The fourth-order valence-electron chi connectivity index (χ4n) is 4.86. The summed E-state index contributed by atoms with van der Waals surface area (Å²) < 4.78 is 0. The van der Waals surface area contributed by atoms with Crippen LogP contribution < -0.4 is 15.5 Å². The molecule has 3 aromatic heterocycles. The van der Waals surface area contributed by atoms with Gasteiger partial charge in [0.05, 0.1) is 22.9 Å². The predicted molar refractivity (Wildman–Crippen MR) is 149 cm³/mol. The lowest BCUT2D eigenvalue weighted by molar-refractivity contribution is 0.126. The lowest BCUT2D eigenvalue weighted by Crippen LogP contribution is -2.44. The number of anilines is 4. The van der Waals surface area contributed by atoms with E-state index in [1.54, 1.807) is 6.20 Å². The number of likely N-dealkylation sites (N-methyl/N-ethyl adjacent to an activating group) is 1. The van der Waals surface area contributed by atoms with Crippen LogP contribution in [0.1, 0.15) is 25.7 Å². The van der Waals surface area contributed by atoms with Gasteiger partial charge in [0.15, 0.2) is 5.13 Å². The predicted octanol–water partition coefficient (Wildman–Crippen LogP) is 3.39. The molecule has 0 spiro atoms. The van der Waals surface area contributed by atoms with Crippen molar-refractivity contribution >= 4 is 33.8 Å². The second-order valence-electron chi connectivity index (χ2n) is 9.93. The molecule has 6 rings (SSSR count). The van der Waals surface area contributed by atoms with E-state index in [1.165, 1.54) is 16.1 Å². The number of nitrogens with zero attached hydrogens (tertiary/aromatic N) is 8.